The van der Waals surface area contributed by atoms with Gasteiger partial charge in [-0.25, -0.2) is 4.90 Å². The van der Waals surface area contributed by atoms with Crippen molar-refractivity contribution in [2.24, 2.45) is 11.8 Å². The van der Waals surface area contributed by atoms with Gasteiger partial charge in [0.05, 0.1) is 22.5 Å². The Bertz CT molecular complexity index is 1200. The summed E-state index contributed by atoms with van der Waals surface area (Å²) in [7, 11) is 0. The van der Waals surface area contributed by atoms with E-state index in [0.29, 0.717) is 27.8 Å². The van der Waals surface area contributed by atoms with Crippen molar-refractivity contribution in [2.45, 2.75) is 24.4 Å². The highest BCUT2D eigenvalue weighted by atomic mass is 35.5. The molecule has 0 aromatic heterocycles. The van der Waals surface area contributed by atoms with Crippen molar-refractivity contribution in [3.63, 3.8) is 0 Å². The molecule has 2 aromatic carbocycles. The molecular weight excluding hydrogens is 461 g/mol. The number of halogens is 3. The molecule has 6 nitrogen and oxygen atoms in total. The van der Waals surface area contributed by atoms with Gasteiger partial charge in [-0.3, -0.25) is 19.3 Å². The number of nitrogens with one attached hydrogen (secondary N) is 1. The summed E-state index contributed by atoms with van der Waals surface area (Å²) in [5.41, 5.74) is 0.270. The highest BCUT2D eigenvalue weighted by Gasteiger charge is 2.74. The van der Waals surface area contributed by atoms with E-state index >= 15 is 0 Å². The van der Waals surface area contributed by atoms with E-state index in [2.05, 4.69) is 5.32 Å². The monoisotopic (exact) mass is 475 g/mol. The Morgan fingerprint density at radius 3 is 2.52 bits per heavy atom. The maximum absolute atomic E-state index is 13.9. The number of benzene rings is 2. The van der Waals surface area contributed by atoms with Crippen molar-refractivity contribution in [2.75, 3.05) is 16.8 Å². The molecule has 3 amide bonds. The standard InChI is InChI=1S/C22H16Cl3N3O3/c23-10-4-6-14-12(8-10)22(21(31)26-14)18-17(15-2-1-7-27(15)22)19(29)28(20(18)30)16-9-11(24)3-5-13(16)25/h3-6,8-9,15,17-18H,1-2,7H2,(H,26,31)/t15-,17-,18+,22+/m1/s1. The van der Waals surface area contributed by atoms with Crippen LogP contribution in [0.2, 0.25) is 15.1 Å². The van der Waals surface area contributed by atoms with E-state index in [1.54, 1.807) is 30.3 Å². The van der Waals surface area contributed by atoms with E-state index in [4.69, 9.17) is 34.8 Å². The van der Waals surface area contributed by atoms with Crippen LogP contribution in [0.3, 0.4) is 0 Å². The smallest absolute Gasteiger partial charge is 0.250 e. The second-order valence-electron chi connectivity index (χ2n) is 8.42. The Morgan fingerprint density at radius 1 is 0.968 bits per heavy atom. The first-order valence-corrected chi connectivity index (χ1v) is 11.2. The van der Waals surface area contributed by atoms with Gasteiger partial charge in [-0.05, 0) is 55.8 Å². The van der Waals surface area contributed by atoms with Crippen LogP contribution in [0.15, 0.2) is 36.4 Å². The van der Waals surface area contributed by atoms with Gasteiger partial charge >= 0.3 is 0 Å². The minimum absolute atomic E-state index is 0.208. The number of hydrogen-bond donors (Lipinski definition) is 1. The molecule has 0 unspecified atom stereocenters. The molecule has 1 N–H and O–H groups in total. The van der Waals surface area contributed by atoms with E-state index in [-0.39, 0.29) is 28.6 Å². The first-order valence-electron chi connectivity index (χ1n) is 10.1. The van der Waals surface area contributed by atoms with Crippen molar-refractivity contribution in [1.82, 2.24) is 4.90 Å². The lowest BCUT2D eigenvalue weighted by atomic mass is 9.75. The number of amides is 3. The molecule has 3 saturated heterocycles. The fourth-order valence-electron chi connectivity index (χ4n) is 6.07. The minimum Gasteiger partial charge on any atom is -0.324 e. The SMILES string of the molecule is O=C1[C@@H]2[C@H]3CCCN3[C@]3(C(=O)Nc4ccc(Cl)cc43)[C@@H]2C(=O)N1c1cc(Cl)ccc1Cl. The summed E-state index contributed by atoms with van der Waals surface area (Å²) in [6.07, 6.45) is 1.58. The van der Waals surface area contributed by atoms with Crippen LogP contribution in [-0.2, 0) is 19.9 Å². The van der Waals surface area contributed by atoms with Crippen LogP contribution in [0, 0.1) is 11.8 Å². The second-order valence-corrected chi connectivity index (χ2v) is 9.70. The summed E-state index contributed by atoms with van der Waals surface area (Å²) in [4.78, 5) is 44.2. The maximum Gasteiger partial charge on any atom is 0.250 e. The molecule has 31 heavy (non-hydrogen) atoms. The summed E-state index contributed by atoms with van der Waals surface area (Å²) in [6, 6.07) is 9.65. The molecule has 3 fully saturated rings. The number of rotatable bonds is 1. The Kier molecular flexibility index (Phi) is 4.07. The third-order valence-corrected chi connectivity index (χ3v) is 7.89. The molecule has 158 valence electrons. The average Bonchev–Trinajstić information content (AvgIpc) is 3.43. The average molecular weight is 477 g/mol. The molecule has 4 aliphatic heterocycles. The van der Waals surface area contributed by atoms with E-state index in [9.17, 15) is 14.4 Å². The van der Waals surface area contributed by atoms with Crippen LogP contribution in [0.4, 0.5) is 11.4 Å². The number of anilines is 2. The van der Waals surface area contributed by atoms with Gasteiger partial charge in [-0.2, -0.15) is 0 Å². The highest BCUT2D eigenvalue weighted by Crippen LogP contribution is 2.61. The Balaban J connectivity index is 1.58. The van der Waals surface area contributed by atoms with Crippen LogP contribution in [-0.4, -0.2) is 35.2 Å². The number of carbonyl (C=O) groups excluding carboxylic acids is 3. The second kappa shape index (κ2) is 6.45. The van der Waals surface area contributed by atoms with Gasteiger partial charge in [0.15, 0.2) is 0 Å². The Morgan fingerprint density at radius 2 is 1.71 bits per heavy atom. The Labute approximate surface area is 193 Å². The molecule has 4 atom stereocenters. The first-order chi connectivity index (χ1) is 14.9. The zero-order valence-corrected chi connectivity index (χ0v) is 18.3. The highest BCUT2D eigenvalue weighted by molar-refractivity contribution is 6.38. The third kappa shape index (κ3) is 2.31. The van der Waals surface area contributed by atoms with Crippen molar-refractivity contribution >= 4 is 63.9 Å². The number of nitrogens with zero attached hydrogens (tertiary/aromatic N) is 2. The quantitative estimate of drug-likeness (QED) is 0.630. The summed E-state index contributed by atoms with van der Waals surface area (Å²) < 4.78 is 0. The maximum atomic E-state index is 13.9. The summed E-state index contributed by atoms with van der Waals surface area (Å²) in [6.45, 7) is 0.634. The molecule has 4 aliphatic rings. The van der Waals surface area contributed by atoms with Crippen molar-refractivity contribution in [3.8, 4) is 0 Å². The van der Waals surface area contributed by atoms with Crippen molar-refractivity contribution in [1.29, 1.82) is 0 Å². The lowest BCUT2D eigenvalue weighted by molar-refractivity contribution is -0.135. The third-order valence-electron chi connectivity index (χ3n) is 7.10. The predicted octanol–water partition coefficient (Wildman–Crippen LogP) is 4.08. The minimum atomic E-state index is -1.27. The number of carbonyl (C=O) groups is 3. The number of hydrogen-bond acceptors (Lipinski definition) is 4. The zero-order valence-electron chi connectivity index (χ0n) is 16.1. The topological polar surface area (TPSA) is 69.7 Å². The van der Waals surface area contributed by atoms with Gasteiger partial charge in [-0.15, -0.1) is 0 Å². The molecule has 1 spiro atoms. The molecule has 0 saturated carbocycles. The van der Waals surface area contributed by atoms with Crippen LogP contribution in [0.1, 0.15) is 18.4 Å². The predicted molar refractivity (Wildman–Crippen MR) is 117 cm³/mol. The molecule has 0 bridgehead atoms. The molecule has 4 heterocycles. The summed E-state index contributed by atoms with van der Waals surface area (Å²) in [5, 5.41) is 4.02. The normalized spacial score (nSPS) is 31.4. The number of imide groups is 1. The molecule has 2 aromatic rings. The van der Waals surface area contributed by atoms with Crippen molar-refractivity contribution < 1.29 is 14.4 Å². The van der Waals surface area contributed by atoms with Crippen molar-refractivity contribution in [3.05, 3.63) is 57.0 Å². The summed E-state index contributed by atoms with van der Waals surface area (Å²) >= 11 is 18.8. The molecule has 9 heteroatoms. The van der Waals surface area contributed by atoms with Crippen LogP contribution >= 0.6 is 34.8 Å². The van der Waals surface area contributed by atoms with Gasteiger partial charge in [0.2, 0.25) is 17.7 Å². The lowest BCUT2D eigenvalue weighted by Crippen LogP contribution is -2.54. The zero-order chi connectivity index (χ0) is 21.7. The molecule has 0 radical (unpaired) electrons. The molecule has 0 aliphatic carbocycles. The fraction of sp³-hybridized carbons (Fsp3) is 0.318. The van der Waals surface area contributed by atoms with Crippen LogP contribution in [0.5, 0.6) is 0 Å². The lowest BCUT2D eigenvalue weighted by Gasteiger charge is -2.36. The number of fused-ring (bicyclic) bond motifs is 7. The van der Waals surface area contributed by atoms with E-state index in [1.165, 1.54) is 6.07 Å². The van der Waals surface area contributed by atoms with Gasteiger partial charge < -0.3 is 5.32 Å². The van der Waals surface area contributed by atoms with Crippen LogP contribution < -0.4 is 10.2 Å². The van der Waals surface area contributed by atoms with E-state index in [1.807, 2.05) is 4.90 Å². The van der Waals surface area contributed by atoms with E-state index < -0.39 is 23.3 Å². The summed E-state index contributed by atoms with van der Waals surface area (Å²) in [5.74, 6) is -2.56. The first kappa shape index (κ1) is 19.6. The van der Waals surface area contributed by atoms with Gasteiger partial charge in [-0.1, -0.05) is 34.8 Å². The molecule has 6 rings (SSSR count). The fourth-order valence-corrected chi connectivity index (χ4v) is 6.61. The molecular formula is C22H16Cl3N3O3. The van der Waals surface area contributed by atoms with Gasteiger partial charge in [0.1, 0.15) is 5.54 Å². The van der Waals surface area contributed by atoms with Gasteiger partial charge in [0, 0.05) is 27.3 Å². The largest absolute Gasteiger partial charge is 0.324 e. The Hall–Kier alpha value is -2.12. The van der Waals surface area contributed by atoms with E-state index in [0.717, 1.165) is 17.7 Å². The van der Waals surface area contributed by atoms with Gasteiger partial charge in [0.25, 0.3) is 0 Å². The van der Waals surface area contributed by atoms with Crippen LogP contribution in [0.25, 0.3) is 0 Å².